The second-order valence-electron chi connectivity index (χ2n) is 10.6. The summed E-state index contributed by atoms with van der Waals surface area (Å²) >= 11 is 0. The zero-order valence-corrected chi connectivity index (χ0v) is 21.8. The van der Waals surface area contributed by atoms with Gasteiger partial charge in [-0.25, -0.2) is 0 Å². The van der Waals surface area contributed by atoms with Gasteiger partial charge in [-0.15, -0.1) is 35.9 Å². The fraction of sp³-hybridized carbons (Fsp3) is 0.464. The van der Waals surface area contributed by atoms with Gasteiger partial charge >= 0.3 is 0 Å². The van der Waals surface area contributed by atoms with Crippen LogP contribution in [-0.4, -0.2) is 27.4 Å². The van der Waals surface area contributed by atoms with Gasteiger partial charge in [-0.3, -0.25) is 0 Å². The summed E-state index contributed by atoms with van der Waals surface area (Å²) in [5, 5.41) is 23.0. The zero-order chi connectivity index (χ0) is 22.2. The van der Waals surface area contributed by atoms with Crippen molar-refractivity contribution in [3.05, 3.63) is 66.9 Å². The van der Waals surface area contributed by atoms with E-state index in [2.05, 4.69) is 56.9 Å². The fourth-order valence-corrected chi connectivity index (χ4v) is 5.45. The minimum Gasteiger partial charge on any atom is -0.392 e. The van der Waals surface area contributed by atoms with Crippen molar-refractivity contribution in [2.24, 2.45) is 22.7 Å². The molecule has 1 radical (unpaired) electrons. The summed E-state index contributed by atoms with van der Waals surface area (Å²) in [5.74, 6) is 0.627. The van der Waals surface area contributed by atoms with Gasteiger partial charge in [0.05, 0.1) is 12.2 Å². The maximum absolute atomic E-state index is 10.3. The van der Waals surface area contributed by atoms with Crippen molar-refractivity contribution in [1.82, 2.24) is 4.98 Å². The Labute approximate surface area is 205 Å². The van der Waals surface area contributed by atoms with E-state index in [-0.39, 0.29) is 49.1 Å². The van der Waals surface area contributed by atoms with Crippen molar-refractivity contribution in [1.29, 1.82) is 0 Å². The predicted molar refractivity (Wildman–Crippen MR) is 126 cm³/mol. The third-order valence-corrected chi connectivity index (χ3v) is 7.44. The van der Waals surface area contributed by atoms with E-state index in [4.69, 9.17) is 0 Å². The van der Waals surface area contributed by atoms with Gasteiger partial charge in [0.25, 0.3) is 0 Å². The number of aromatic nitrogens is 1. The summed E-state index contributed by atoms with van der Waals surface area (Å²) in [6, 6.07) is 21.4. The maximum Gasteiger partial charge on any atom is 0.0646 e. The fourth-order valence-electron chi connectivity index (χ4n) is 5.45. The summed E-state index contributed by atoms with van der Waals surface area (Å²) in [4.78, 5) is 4.45. The van der Waals surface area contributed by atoms with Crippen molar-refractivity contribution >= 4 is 10.8 Å². The minimum atomic E-state index is -0.340. The van der Waals surface area contributed by atoms with E-state index in [0.29, 0.717) is 5.92 Å². The van der Waals surface area contributed by atoms with Crippen molar-refractivity contribution < 1.29 is 30.3 Å². The second-order valence-corrected chi connectivity index (χ2v) is 10.6. The third kappa shape index (κ3) is 4.99. The van der Waals surface area contributed by atoms with Crippen molar-refractivity contribution in [2.45, 2.75) is 59.2 Å². The first-order chi connectivity index (χ1) is 14.7. The molecule has 3 aromatic rings. The van der Waals surface area contributed by atoms with Crippen LogP contribution in [0.2, 0.25) is 0 Å². The van der Waals surface area contributed by atoms with E-state index in [1.54, 1.807) is 0 Å². The Bertz CT molecular complexity index is 1030. The van der Waals surface area contributed by atoms with Crippen LogP contribution < -0.4 is 0 Å². The van der Waals surface area contributed by atoms with Gasteiger partial charge in [0.1, 0.15) is 0 Å². The van der Waals surface area contributed by atoms with E-state index < -0.39 is 0 Å². The molecule has 0 aliphatic heterocycles. The van der Waals surface area contributed by atoms with Gasteiger partial charge in [0.2, 0.25) is 0 Å². The molecule has 173 valence electrons. The average Bonchev–Trinajstić information content (AvgIpc) is 3.00. The Morgan fingerprint density at radius 1 is 0.906 bits per heavy atom. The smallest absolute Gasteiger partial charge is 0.0646 e. The Morgan fingerprint density at radius 3 is 2.25 bits per heavy atom. The Balaban J connectivity index is 0.000000176. The summed E-state index contributed by atoms with van der Waals surface area (Å²) in [5.41, 5.74) is 1.96. The van der Waals surface area contributed by atoms with E-state index in [9.17, 15) is 10.2 Å². The van der Waals surface area contributed by atoms with Crippen LogP contribution in [0.1, 0.15) is 47.0 Å². The van der Waals surface area contributed by atoms with Crippen molar-refractivity contribution in [2.75, 3.05) is 0 Å². The van der Waals surface area contributed by atoms with Crippen LogP contribution >= 0.6 is 0 Å². The Kier molecular flexibility index (Phi) is 7.62. The molecule has 0 saturated heterocycles. The number of benzene rings is 2. The first-order valence-corrected chi connectivity index (χ1v) is 11.4. The van der Waals surface area contributed by atoms with Crippen LogP contribution in [0.15, 0.2) is 60.8 Å². The van der Waals surface area contributed by atoms with Crippen molar-refractivity contribution in [3.63, 3.8) is 0 Å². The molecule has 0 bridgehead atoms. The molecule has 32 heavy (non-hydrogen) atoms. The Morgan fingerprint density at radius 2 is 1.56 bits per heavy atom. The van der Waals surface area contributed by atoms with Crippen molar-refractivity contribution in [3.8, 4) is 11.3 Å². The second kappa shape index (κ2) is 9.73. The number of fused-ring (bicyclic) bond motifs is 2. The minimum absolute atomic E-state index is 0. The van der Waals surface area contributed by atoms with Crippen LogP contribution in [0.5, 0.6) is 0 Å². The van der Waals surface area contributed by atoms with Gasteiger partial charge in [-0.2, -0.15) is 0 Å². The van der Waals surface area contributed by atoms with E-state index in [0.717, 1.165) is 30.5 Å². The molecule has 0 spiro atoms. The molecule has 5 rings (SSSR count). The monoisotopic (exact) mass is 609 g/mol. The molecule has 4 atom stereocenters. The van der Waals surface area contributed by atoms with Crippen LogP contribution in [0, 0.1) is 28.7 Å². The van der Waals surface area contributed by atoms with E-state index in [1.165, 1.54) is 10.8 Å². The molecule has 2 N–H and O–H groups in total. The summed E-state index contributed by atoms with van der Waals surface area (Å²) in [7, 11) is 0. The normalized spacial score (nSPS) is 27.6. The predicted octanol–water partition coefficient (Wildman–Crippen LogP) is 5.89. The van der Waals surface area contributed by atoms with Gasteiger partial charge < -0.3 is 15.2 Å². The molecule has 2 aliphatic carbocycles. The van der Waals surface area contributed by atoms with Crippen LogP contribution in [0.3, 0.4) is 0 Å². The number of pyridine rings is 1. The van der Waals surface area contributed by atoms with Gasteiger partial charge in [0.15, 0.2) is 0 Å². The maximum atomic E-state index is 10.3. The molecule has 3 nitrogen and oxygen atoms in total. The molecule has 2 fully saturated rings. The number of aliphatic hydroxyl groups is 2. The quantitative estimate of drug-likeness (QED) is 0.339. The van der Waals surface area contributed by atoms with E-state index in [1.807, 2.05) is 42.6 Å². The SMILES string of the molecule is CC1(C)CCC2CC(C)(C)C(O)C2C1O.[Ir].[c-]1ccccc1-c1cc2ccccc2cn1. The van der Waals surface area contributed by atoms with Crippen LogP contribution in [0.25, 0.3) is 22.0 Å². The number of aliphatic hydroxyl groups excluding tert-OH is 2. The molecular weight excluding hydrogens is 575 g/mol. The van der Waals surface area contributed by atoms with Gasteiger partial charge in [-0.05, 0) is 52.5 Å². The third-order valence-electron chi connectivity index (χ3n) is 7.44. The topological polar surface area (TPSA) is 53.4 Å². The molecular formula is C28H34IrNO2-. The standard InChI is InChI=1S/C15H10N.C13H24O2.Ir/c1-2-6-12(7-3-1)15-10-13-8-4-5-9-14(13)11-16-15;1-12(2)6-5-8-7-13(3,4)11(15)9(8)10(12)14;/h1-6,8-11H;8-11,14-15H,5-7H2,1-4H3;/q-1;;. The van der Waals surface area contributed by atoms with Gasteiger partial charge in [-0.1, -0.05) is 58.0 Å². The summed E-state index contributed by atoms with van der Waals surface area (Å²) in [6.45, 7) is 8.48. The number of nitrogens with zero attached hydrogens (tertiary/aromatic N) is 1. The molecule has 1 aromatic heterocycles. The largest absolute Gasteiger partial charge is 0.392 e. The molecule has 4 heteroatoms. The summed E-state index contributed by atoms with van der Waals surface area (Å²) in [6.07, 6.45) is 4.54. The number of rotatable bonds is 1. The Hall–Kier alpha value is -1.58. The first-order valence-electron chi connectivity index (χ1n) is 11.4. The van der Waals surface area contributed by atoms with E-state index >= 15 is 0 Å². The zero-order valence-electron chi connectivity index (χ0n) is 19.4. The molecule has 2 aliphatic rings. The molecule has 0 amide bonds. The first kappa shape index (κ1) is 25.0. The average molecular weight is 609 g/mol. The van der Waals surface area contributed by atoms with Crippen LogP contribution in [-0.2, 0) is 20.1 Å². The summed E-state index contributed by atoms with van der Waals surface area (Å²) < 4.78 is 0. The molecule has 2 aromatic carbocycles. The number of hydrogen-bond acceptors (Lipinski definition) is 3. The van der Waals surface area contributed by atoms with Gasteiger partial charge in [0, 0.05) is 32.2 Å². The number of hydrogen-bond donors (Lipinski definition) is 2. The van der Waals surface area contributed by atoms with Crippen LogP contribution in [0.4, 0.5) is 0 Å². The molecule has 1 heterocycles. The molecule has 2 saturated carbocycles. The molecule has 4 unspecified atom stereocenters.